The summed E-state index contributed by atoms with van der Waals surface area (Å²) in [7, 11) is 0. The smallest absolute Gasteiger partial charge is 0.142 e. The van der Waals surface area contributed by atoms with Gasteiger partial charge in [0.15, 0.2) is 0 Å². The molecular formula is C18H13Cl2N4O2-. The fraction of sp³-hybridized carbons (Fsp3) is 0.0556. The third-order valence-electron chi connectivity index (χ3n) is 3.61. The fourth-order valence-corrected chi connectivity index (χ4v) is 2.79. The second-order valence-electron chi connectivity index (χ2n) is 5.42. The number of carboxylic acids is 1. The molecule has 132 valence electrons. The van der Waals surface area contributed by atoms with Crippen molar-refractivity contribution in [2.45, 2.75) is 6.92 Å². The number of aromatic nitrogens is 2. The van der Waals surface area contributed by atoms with E-state index in [-0.39, 0.29) is 5.56 Å². The van der Waals surface area contributed by atoms with Gasteiger partial charge in [-0.1, -0.05) is 41.4 Å². The molecule has 3 aromatic rings. The lowest BCUT2D eigenvalue weighted by atomic mass is 10.2. The van der Waals surface area contributed by atoms with E-state index < -0.39 is 5.97 Å². The van der Waals surface area contributed by atoms with E-state index in [1.165, 1.54) is 12.1 Å². The minimum atomic E-state index is -1.23. The molecule has 6 nitrogen and oxygen atoms in total. The molecule has 0 atom stereocenters. The van der Waals surface area contributed by atoms with Gasteiger partial charge in [-0.15, -0.1) is 0 Å². The van der Waals surface area contributed by atoms with Crippen LogP contribution in [0.2, 0.25) is 10.2 Å². The van der Waals surface area contributed by atoms with E-state index in [0.29, 0.717) is 27.1 Å². The number of benzene rings is 2. The highest BCUT2D eigenvalue weighted by molar-refractivity contribution is 6.32. The van der Waals surface area contributed by atoms with Gasteiger partial charge in [0.05, 0.1) is 34.8 Å². The van der Waals surface area contributed by atoms with Gasteiger partial charge in [-0.25, -0.2) is 4.68 Å². The summed E-state index contributed by atoms with van der Waals surface area (Å²) in [6.07, 6.45) is 1.55. The van der Waals surface area contributed by atoms with Crippen LogP contribution in [0.1, 0.15) is 21.6 Å². The molecular weight excluding hydrogens is 375 g/mol. The van der Waals surface area contributed by atoms with Crippen molar-refractivity contribution in [3.8, 4) is 5.69 Å². The number of hydrazone groups is 1. The SMILES string of the molecule is Cc1nn(-c2cccc(Cl)c2)c(Cl)c1/C=N\Nc1ccc(C(=O)[O-])cc1. The summed E-state index contributed by atoms with van der Waals surface area (Å²) in [5.41, 5.74) is 5.64. The third kappa shape index (κ3) is 3.87. The summed E-state index contributed by atoms with van der Waals surface area (Å²) in [5.74, 6) is -1.23. The van der Waals surface area contributed by atoms with Crippen molar-refractivity contribution in [3.63, 3.8) is 0 Å². The molecule has 3 rings (SSSR count). The summed E-state index contributed by atoms with van der Waals surface area (Å²) in [5, 5.41) is 20.3. The zero-order valence-electron chi connectivity index (χ0n) is 13.6. The number of hydrogen-bond acceptors (Lipinski definition) is 5. The first-order valence-corrected chi connectivity index (χ1v) is 8.33. The number of carbonyl (C=O) groups is 1. The standard InChI is InChI=1S/C18H14Cl2N4O2/c1-11-16(10-21-22-14-7-5-12(6-8-14)18(25)26)17(20)24(23-11)15-4-2-3-13(19)9-15/h2-10,22H,1H3,(H,25,26)/p-1/b21-10-. The average molecular weight is 388 g/mol. The molecule has 0 unspecified atom stereocenters. The topological polar surface area (TPSA) is 82.3 Å². The number of nitrogens with zero attached hydrogens (tertiary/aromatic N) is 3. The van der Waals surface area contributed by atoms with E-state index in [1.54, 1.807) is 35.2 Å². The normalized spacial score (nSPS) is 11.0. The molecule has 0 aliphatic heterocycles. The van der Waals surface area contributed by atoms with Gasteiger partial charge >= 0.3 is 0 Å². The number of halogens is 2. The van der Waals surface area contributed by atoms with Gasteiger partial charge in [0, 0.05) is 5.02 Å². The molecule has 8 heteroatoms. The van der Waals surface area contributed by atoms with E-state index in [1.807, 2.05) is 19.1 Å². The van der Waals surface area contributed by atoms with Gasteiger partial charge < -0.3 is 9.90 Å². The van der Waals surface area contributed by atoms with E-state index in [0.717, 1.165) is 5.69 Å². The number of nitrogens with one attached hydrogen (secondary N) is 1. The van der Waals surface area contributed by atoms with Crippen molar-refractivity contribution in [2.24, 2.45) is 5.10 Å². The zero-order valence-corrected chi connectivity index (χ0v) is 15.1. The number of aromatic carboxylic acids is 1. The first kappa shape index (κ1) is 18.0. The number of rotatable bonds is 5. The van der Waals surface area contributed by atoms with Crippen LogP contribution in [-0.2, 0) is 0 Å². The highest BCUT2D eigenvalue weighted by Gasteiger charge is 2.13. The van der Waals surface area contributed by atoms with Crippen molar-refractivity contribution in [1.29, 1.82) is 0 Å². The Morgan fingerprint density at radius 2 is 1.96 bits per heavy atom. The number of carboxylic acid groups (broad SMARTS) is 1. The van der Waals surface area contributed by atoms with Crippen molar-refractivity contribution in [3.05, 3.63) is 75.5 Å². The summed E-state index contributed by atoms with van der Waals surface area (Å²) in [6, 6.07) is 13.2. The summed E-state index contributed by atoms with van der Waals surface area (Å²) in [4.78, 5) is 10.7. The second-order valence-corrected chi connectivity index (χ2v) is 6.21. The highest BCUT2D eigenvalue weighted by atomic mass is 35.5. The zero-order chi connectivity index (χ0) is 18.7. The van der Waals surface area contributed by atoms with Crippen LogP contribution in [0, 0.1) is 6.92 Å². The lowest BCUT2D eigenvalue weighted by Crippen LogP contribution is -2.21. The Balaban J connectivity index is 1.79. The molecule has 0 saturated heterocycles. The number of anilines is 1. The van der Waals surface area contributed by atoms with E-state index in [2.05, 4.69) is 15.6 Å². The van der Waals surface area contributed by atoms with Crippen LogP contribution in [0.3, 0.4) is 0 Å². The van der Waals surface area contributed by atoms with Crippen LogP contribution < -0.4 is 10.5 Å². The number of hydrogen-bond donors (Lipinski definition) is 1. The van der Waals surface area contributed by atoms with E-state index in [9.17, 15) is 9.90 Å². The maximum atomic E-state index is 10.7. The highest BCUT2D eigenvalue weighted by Crippen LogP contribution is 2.23. The Bertz CT molecular complexity index is 981. The van der Waals surface area contributed by atoms with Crippen LogP contribution in [-0.4, -0.2) is 22.0 Å². The largest absolute Gasteiger partial charge is 0.545 e. The maximum Gasteiger partial charge on any atom is 0.142 e. The van der Waals surface area contributed by atoms with Crippen molar-refractivity contribution in [1.82, 2.24) is 9.78 Å². The van der Waals surface area contributed by atoms with Crippen LogP contribution >= 0.6 is 23.2 Å². The second kappa shape index (κ2) is 7.59. The Morgan fingerprint density at radius 1 is 1.23 bits per heavy atom. The molecule has 2 aromatic carbocycles. The number of carbonyl (C=O) groups excluding carboxylic acids is 1. The van der Waals surface area contributed by atoms with Gasteiger partial charge in [-0.05, 0) is 42.8 Å². The number of aryl methyl sites for hydroxylation is 1. The lowest BCUT2D eigenvalue weighted by molar-refractivity contribution is -0.255. The molecule has 1 N–H and O–H groups in total. The quantitative estimate of drug-likeness (QED) is 0.537. The van der Waals surface area contributed by atoms with Crippen molar-refractivity contribution >= 4 is 41.1 Å². The molecule has 1 aromatic heterocycles. The summed E-state index contributed by atoms with van der Waals surface area (Å²) in [6.45, 7) is 1.82. The first-order chi connectivity index (χ1) is 12.5. The Labute approximate surface area is 159 Å². The van der Waals surface area contributed by atoms with Gasteiger partial charge in [0.1, 0.15) is 5.15 Å². The van der Waals surface area contributed by atoms with Gasteiger partial charge in [0.2, 0.25) is 0 Å². The Morgan fingerprint density at radius 3 is 2.62 bits per heavy atom. The molecule has 0 spiro atoms. The minimum Gasteiger partial charge on any atom is -0.545 e. The lowest BCUT2D eigenvalue weighted by Gasteiger charge is -2.04. The van der Waals surface area contributed by atoms with Crippen molar-refractivity contribution < 1.29 is 9.90 Å². The average Bonchev–Trinajstić information content (AvgIpc) is 2.90. The molecule has 0 amide bonds. The third-order valence-corrected chi connectivity index (χ3v) is 4.21. The van der Waals surface area contributed by atoms with Crippen LogP contribution in [0.4, 0.5) is 5.69 Å². The predicted octanol–water partition coefficient (Wildman–Crippen LogP) is 3.30. The summed E-state index contributed by atoms with van der Waals surface area (Å²) >= 11 is 12.4. The van der Waals surface area contributed by atoms with Crippen molar-refractivity contribution in [2.75, 3.05) is 5.43 Å². The van der Waals surface area contributed by atoms with Crippen LogP contribution in [0.15, 0.2) is 53.6 Å². The molecule has 0 fully saturated rings. The summed E-state index contributed by atoms with van der Waals surface area (Å²) < 4.78 is 1.58. The minimum absolute atomic E-state index is 0.0983. The van der Waals surface area contributed by atoms with Crippen LogP contribution in [0.25, 0.3) is 5.69 Å². The van der Waals surface area contributed by atoms with Gasteiger partial charge in [0.25, 0.3) is 0 Å². The Kier molecular flexibility index (Phi) is 5.25. The van der Waals surface area contributed by atoms with Crippen LogP contribution in [0.5, 0.6) is 0 Å². The molecule has 0 aliphatic carbocycles. The molecule has 0 radical (unpaired) electrons. The Hall–Kier alpha value is -2.83. The van der Waals surface area contributed by atoms with Gasteiger partial charge in [-0.3, -0.25) is 5.43 Å². The van der Waals surface area contributed by atoms with E-state index >= 15 is 0 Å². The van der Waals surface area contributed by atoms with Gasteiger partial charge in [-0.2, -0.15) is 10.2 Å². The molecule has 26 heavy (non-hydrogen) atoms. The monoisotopic (exact) mass is 387 g/mol. The maximum absolute atomic E-state index is 10.7. The van der Waals surface area contributed by atoms with E-state index in [4.69, 9.17) is 23.2 Å². The fourth-order valence-electron chi connectivity index (χ4n) is 2.29. The predicted molar refractivity (Wildman–Crippen MR) is 100 cm³/mol. The molecule has 0 saturated carbocycles. The molecule has 1 heterocycles. The first-order valence-electron chi connectivity index (χ1n) is 7.57. The molecule has 0 bridgehead atoms. The molecule has 0 aliphatic rings.